The molecule has 0 spiro atoms. The number of nitrogens with zero attached hydrogens (tertiary/aromatic N) is 2. The second-order valence-electron chi connectivity index (χ2n) is 4.95. The third kappa shape index (κ3) is 2.63. The van der Waals surface area contributed by atoms with Gasteiger partial charge in [-0.1, -0.05) is 18.2 Å². The van der Waals surface area contributed by atoms with Crippen LogP contribution in [-0.4, -0.2) is 43.0 Å². The normalized spacial score (nSPS) is 18.9. The molecule has 1 aliphatic rings. The molecule has 0 atom stereocenters. The summed E-state index contributed by atoms with van der Waals surface area (Å²) in [4.78, 5) is 4.97. The molecule has 0 saturated carbocycles. The van der Waals surface area contributed by atoms with E-state index in [2.05, 4.69) is 48.9 Å². The second kappa shape index (κ2) is 4.98. The summed E-state index contributed by atoms with van der Waals surface area (Å²) in [5.74, 6) is 0. The molecule has 0 aliphatic carbocycles. The lowest BCUT2D eigenvalue weighted by Crippen LogP contribution is -2.44. The van der Waals surface area contributed by atoms with Crippen LogP contribution in [0.1, 0.15) is 16.7 Å². The molecular formula is C14H22N2. The van der Waals surface area contributed by atoms with Crippen LogP contribution >= 0.6 is 0 Å². The van der Waals surface area contributed by atoms with Crippen LogP contribution in [-0.2, 0) is 6.54 Å². The minimum atomic E-state index is 1.12. The first-order valence-corrected chi connectivity index (χ1v) is 6.13. The average molecular weight is 218 g/mol. The Morgan fingerprint density at radius 2 is 1.56 bits per heavy atom. The molecule has 1 saturated heterocycles. The molecule has 1 aliphatic heterocycles. The Bertz CT molecular complexity index is 332. The first-order chi connectivity index (χ1) is 7.66. The van der Waals surface area contributed by atoms with E-state index in [1.54, 1.807) is 0 Å². The quantitative estimate of drug-likeness (QED) is 0.749. The molecule has 88 valence electrons. The molecule has 0 amide bonds. The van der Waals surface area contributed by atoms with E-state index in [9.17, 15) is 0 Å². The maximum atomic E-state index is 2.56. The molecule has 0 unspecified atom stereocenters. The lowest BCUT2D eigenvalue weighted by atomic mass is 10.0. The predicted octanol–water partition coefficient (Wildman–Crippen LogP) is 2.05. The molecule has 16 heavy (non-hydrogen) atoms. The van der Waals surface area contributed by atoms with E-state index in [0.29, 0.717) is 0 Å². The third-order valence-corrected chi connectivity index (χ3v) is 3.62. The van der Waals surface area contributed by atoms with Crippen LogP contribution in [0.4, 0.5) is 0 Å². The van der Waals surface area contributed by atoms with E-state index in [-0.39, 0.29) is 0 Å². The standard InChI is InChI=1S/C14H22N2/c1-12-5-4-6-13(2)14(12)11-16-9-7-15(3)8-10-16/h4-6H,7-11H2,1-3H3. The van der Waals surface area contributed by atoms with E-state index in [4.69, 9.17) is 0 Å². The van der Waals surface area contributed by atoms with Crippen LogP contribution in [0, 0.1) is 13.8 Å². The maximum absolute atomic E-state index is 2.56. The van der Waals surface area contributed by atoms with Gasteiger partial charge in [-0.2, -0.15) is 0 Å². The van der Waals surface area contributed by atoms with Crippen LogP contribution < -0.4 is 0 Å². The fourth-order valence-corrected chi connectivity index (χ4v) is 2.33. The molecule has 2 nitrogen and oxygen atoms in total. The largest absolute Gasteiger partial charge is 0.304 e. The van der Waals surface area contributed by atoms with Gasteiger partial charge in [0.05, 0.1) is 0 Å². The summed E-state index contributed by atoms with van der Waals surface area (Å²) < 4.78 is 0. The van der Waals surface area contributed by atoms with Crippen molar-refractivity contribution in [2.45, 2.75) is 20.4 Å². The predicted molar refractivity (Wildman–Crippen MR) is 68.7 cm³/mol. The van der Waals surface area contributed by atoms with Crippen molar-refractivity contribution < 1.29 is 0 Å². The summed E-state index contributed by atoms with van der Waals surface area (Å²) >= 11 is 0. The van der Waals surface area contributed by atoms with Crippen molar-refractivity contribution in [1.29, 1.82) is 0 Å². The van der Waals surface area contributed by atoms with Gasteiger partial charge in [-0.3, -0.25) is 4.90 Å². The van der Waals surface area contributed by atoms with Gasteiger partial charge in [0.15, 0.2) is 0 Å². The highest BCUT2D eigenvalue weighted by molar-refractivity contribution is 5.33. The van der Waals surface area contributed by atoms with Crippen molar-refractivity contribution >= 4 is 0 Å². The van der Waals surface area contributed by atoms with Gasteiger partial charge in [0.1, 0.15) is 0 Å². The van der Waals surface area contributed by atoms with Crippen molar-refractivity contribution in [2.75, 3.05) is 33.2 Å². The number of hydrogen-bond acceptors (Lipinski definition) is 2. The SMILES string of the molecule is Cc1cccc(C)c1CN1CCN(C)CC1. The molecular weight excluding hydrogens is 196 g/mol. The van der Waals surface area contributed by atoms with Gasteiger partial charge in [0.2, 0.25) is 0 Å². The Kier molecular flexibility index (Phi) is 3.62. The van der Waals surface area contributed by atoms with Gasteiger partial charge < -0.3 is 4.90 Å². The number of hydrogen-bond donors (Lipinski definition) is 0. The number of aryl methyl sites for hydroxylation is 2. The van der Waals surface area contributed by atoms with Crippen molar-refractivity contribution in [2.24, 2.45) is 0 Å². The Hall–Kier alpha value is -0.860. The molecule has 0 radical (unpaired) electrons. The summed E-state index contributed by atoms with van der Waals surface area (Å²) in [7, 11) is 2.20. The van der Waals surface area contributed by atoms with Crippen molar-refractivity contribution in [3.8, 4) is 0 Å². The van der Waals surface area contributed by atoms with E-state index >= 15 is 0 Å². The zero-order chi connectivity index (χ0) is 11.5. The molecule has 1 heterocycles. The van der Waals surface area contributed by atoms with Crippen molar-refractivity contribution in [3.05, 3.63) is 34.9 Å². The second-order valence-corrected chi connectivity index (χ2v) is 4.95. The summed E-state index contributed by atoms with van der Waals surface area (Å²) in [6.07, 6.45) is 0. The van der Waals surface area contributed by atoms with Gasteiger partial charge >= 0.3 is 0 Å². The summed E-state index contributed by atoms with van der Waals surface area (Å²) in [6, 6.07) is 6.59. The lowest BCUT2D eigenvalue weighted by Gasteiger charge is -2.33. The molecule has 0 N–H and O–H groups in total. The number of benzene rings is 1. The zero-order valence-corrected chi connectivity index (χ0v) is 10.7. The Labute approximate surface area is 98.9 Å². The highest BCUT2D eigenvalue weighted by Crippen LogP contribution is 2.16. The van der Waals surface area contributed by atoms with Gasteiger partial charge in [0.25, 0.3) is 0 Å². The van der Waals surface area contributed by atoms with E-state index in [1.165, 1.54) is 42.9 Å². The summed E-state index contributed by atoms with van der Waals surface area (Å²) in [5.41, 5.74) is 4.38. The van der Waals surface area contributed by atoms with Crippen LogP contribution in [0.3, 0.4) is 0 Å². The molecule has 1 fully saturated rings. The maximum Gasteiger partial charge on any atom is 0.0240 e. The minimum absolute atomic E-state index is 1.12. The van der Waals surface area contributed by atoms with Crippen LogP contribution in [0.25, 0.3) is 0 Å². The number of likely N-dealkylation sites (N-methyl/N-ethyl adjacent to an activating group) is 1. The van der Waals surface area contributed by atoms with Gasteiger partial charge in [-0.05, 0) is 37.6 Å². The minimum Gasteiger partial charge on any atom is -0.304 e. The highest BCUT2D eigenvalue weighted by Gasteiger charge is 2.15. The van der Waals surface area contributed by atoms with Crippen molar-refractivity contribution in [3.63, 3.8) is 0 Å². The molecule has 0 aromatic heterocycles. The van der Waals surface area contributed by atoms with Crippen LogP contribution in [0.2, 0.25) is 0 Å². The van der Waals surface area contributed by atoms with E-state index in [0.717, 1.165) is 6.54 Å². The topological polar surface area (TPSA) is 6.48 Å². The Morgan fingerprint density at radius 3 is 2.12 bits per heavy atom. The Morgan fingerprint density at radius 1 is 1.00 bits per heavy atom. The monoisotopic (exact) mass is 218 g/mol. The van der Waals surface area contributed by atoms with Gasteiger partial charge in [-0.15, -0.1) is 0 Å². The first kappa shape index (κ1) is 11.6. The van der Waals surface area contributed by atoms with E-state index < -0.39 is 0 Å². The molecule has 2 heteroatoms. The third-order valence-electron chi connectivity index (χ3n) is 3.62. The lowest BCUT2D eigenvalue weighted by molar-refractivity contribution is 0.148. The molecule has 0 bridgehead atoms. The van der Waals surface area contributed by atoms with Gasteiger partial charge in [-0.25, -0.2) is 0 Å². The molecule has 1 aromatic rings. The number of rotatable bonds is 2. The van der Waals surface area contributed by atoms with Crippen molar-refractivity contribution in [1.82, 2.24) is 9.80 Å². The zero-order valence-electron chi connectivity index (χ0n) is 10.7. The Balaban J connectivity index is 2.04. The van der Waals surface area contributed by atoms with Gasteiger partial charge in [0, 0.05) is 32.7 Å². The molecule has 1 aromatic carbocycles. The fraction of sp³-hybridized carbons (Fsp3) is 0.571. The summed E-state index contributed by atoms with van der Waals surface area (Å²) in [6.45, 7) is 10.4. The average Bonchev–Trinajstić information content (AvgIpc) is 2.26. The van der Waals surface area contributed by atoms with Crippen LogP contribution in [0.15, 0.2) is 18.2 Å². The van der Waals surface area contributed by atoms with Crippen LogP contribution in [0.5, 0.6) is 0 Å². The fourth-order valence-electron chi connectivity index (χ4n) is 2.33. The first-order valence-electron chi connectivity index (χ1n) is 6.13. The number of piperazine rings is 1. The van der Waals surface area contributed by atoms with E-state index in [1.807, 2.05) is 0 Å². The highest BCUT2D eigenvalue weighted by atomic mass is 15.2. The smallest absolute Gasteiger partial charge is 0.0240 e. The summed E-state index contributed by atoms with van der Waals surface area (Å²) in [5, 5.41) is 0. The molecule has 2 rings (SSSR count).